The van der Waals surface area contributed by atoms with Crippen molar-refractivity contribution in [1.29, 1.82) is 0 Å². The number of aromatic nitrogens is 2. The van der Waals surface area contributed by atoms with Gasteiger partial charge in [0.1, 0.15) is 62.1 Å². The monoisotopic (exact) mass is 1220 g/mol. The highest BCUT2D eigenvalue weighted by Gasteiger charge is 2.47. The summed E-state index contributed by atoms with van der Waals surface area (Å²) in [6.07, 6.45) is -4.28. The smallest absolute Gasteiger partial charge is 0.343 e. The van der Waals surface area contributed by atoms with Crippen LogP contribution in [0.2, 0.25) is 0 Å². The van der Waals surface area contributed by atoms with Crippen LogP contribution in [0.5, 0.6) is 0 Å². The molecule has 29 nitrogen and oxygen atoms in total. The summed E-state index contributed by atoms with van der Waals surface area (Å²) in [5.41, 5.74) is 6.25. The van der Waals surface area contributed by atoms with Crippen molar-refractivity contribution in [1.82, 2.24) is 51.7 Å². The lowest BCUT2D eigenvalue weighted by Crippen LogP contribution is -2.58. The van der Waals surface area contributed by atoms with E-state index in [2.05, 4.69) is 37.2 Å². The number of aliphatic hydroxyl groups excluding tert-OH is 2. The number of fused-ring (bicyclic) bond motifs is 5. The minimum absolute atomic E-state index is 0.0404. The number of carbonyl (C=O) groups is 11. The van der Waals surface area contributed by atoms with Crippen LogP contribution >= 0.6 is 0 Å². The number of hydrogen-bond donors (Lipinski definition) is 11. The molecule has 0 bridgehead atoms. The largest absolute Gasteiger partial charge is 0.458 e. The average molecular weight is 1220 g/mol. The summed E-state index contributed by atoms with van der Waals surface area (Å²) in [5.74, 6) is -9.29. The van der Waals surface area contributed by atoms with Crippen molar-refractivity contribution in [2.75, 3.05) is 33.0 Å². The Hall–Kier alpha value is -8.58. The van der Waals surface area contributed by atoms with Gasteiger partial charge in [0, 0.05) is 60.7 Å². The summed E-state index contributed by atoms with van der Waals surface area (Å²) in [6, 6.07) is -1.77. The highest BCUT2D eigenvalue weighted by Crippen LogP contribution is 2.46. The normalized spacial score (nSPS) is 21.7. The number of benzene rings is 1. The van der Waals surface area contributed by atoms with Gasteiger partial charge in [-0.2, -0.15) is 0 Å². The molecule has 0 saturated carbocycles. The Morgan fingerprint density at radius 1 is 0.851 bits per heavy atom. The van der Waals surface area contributed by atoms with Gasteiger partial charge in [0.25, 0.3) is 17.4 Å². The van der Waals surface area contributed by atoms with Crippen LogP contribution in [0.1, 0.15) is 112 Å². The number of amides is 10. The first-order valence-electron chi connectivity index (χ1n) is 28.5. The molecule has 12 N–H and O–H groups in total. The number of imide groups is 1. The molecule has 1 aromatic carbocycles. The predicted octanol–water partition coefficient (Wildman–Crippen LogP) is -3.07. The third kappa shape index (κ3) is 14.0. The Morgan fingerprint density at radius 2 is 1.56 bits per heavy atom. The molecule has 1 fully saturated rings. The Kier molecular flexibility index (Phi) is 20.0. The molecule has 5 aliphatic rings. The van der Waals surface area contributed by atoms with Gasteiger partial charge in [-0.1, -0.05) is 20.8 Å². The van der Waals surface area contributed by atoms with Crippen LogP contribution in [0.25, 0.3) is 22.3 Å². The lowest BCUT2D eigenvalue weighted by molar-refractivity contribution is -0.172. The Balaban J connectivity index is 0.839. The number of halogens is 1. The lowest BCUT2D eigenvalue weighted by Gasteiger charge is -2.31. The Morgan fingerprint density at radius 3 is 2.25 bits per heavy atom. The van der Waals surface area contributed by atoms with E-state index in [4.69, 9.17) is 24.9 Å². The van der Waals surface area contributed by atoms with Crippen LogP contribution in [0.15, 0.2) is 29.1 Å². The molecule has 10 amide bonds. The van der Waals surface area contributed by atoms with Crippen LogP contribution in [0, 0.1) is 18.7 Å². The Labute approximate surface area is 496 Å². The van der Waals surface area contributed by atoms with Crippen molar-refractivity contribution >= 4 is 75.9 Å². The molecule has 0 spiro atoms. The van der Waals surface area contributed by atoms with E-state index in [-0.39, 0.29) is 63.2 Å². The van der Waals surface area contributed by atoms with E-state index >= 15 is 4.39 Å². The second kappa shape index (κ2) is 27.0. The molecule has 9 atom stereocenters. The maximum absolute atomic E-state index is 15.4. The second-order valence-corrected chi connectivity index (χ2v) is 22.3. The number of esters is 1. The first-order chi connectivity index (χ1) is 41.2. The number of hydrogen-bond acceptors (Lipinski definition) is 19. The first-order valence-corrected chi connectivity index (χ1v) is 28.5. The van der Waals surface area contributed by atoms with Gasteiger partial charge < -0.3 is 77.0 Å². The third-order valence-electron chi connectivity index (χ3n) is 16.1. The molecule has 8 rings (SSSR count). The molecule has 468 valence electrons. The van der Waals surface area contributed by atoms with E-state index in [0.717, 1.165) is 12.2 Å². The number of nitrogens with one attached hydrogen (secondary N) is 7. The number of cyclic esters (lactones) is 1. The maximum Gasteiger partial charge on any atom is 0.343 e. The molecule has 0 radical (unpaired) electrons. The minimum atomic E-state index is -2.07. The van der Waals surface area contributed by atoms with Gasteiger partial charge in [0.05, 0.1) is 60.6 Å². The van der Waals surface area contributed by atoms with Gasteiger partial charge in [-0.05, 0) is 68.2 Å². The molecule has 1 unspecified atom stereocenters. The van der Waals surface area contributed by atoms with Gasteiger partial charge in [-0.15, -0.1) is 0 Å². The van der Waals surface area contributed by atoms with Crippen LogP contribution in [-0.4, -0.2) is 170 Å². The van der Waals surface area contributed by atoms with Gasteiger partial charge in [0.15, 0.2) is 5.60 Å². The van der Waals surface area contributed by atoms with Gasteiger partial charge in [-0.3, -0.25) is 57.6 Å². The van der Waals surface area contributed by atoms with Gasteiger partial charge >= 0.3 is 5.97 Å². The zero-order valence-electron chi connectivity index (χ0n) is 48.4. The van der Waals surface area contributed by atoms with E-state index in [1.165, 1.54) is 17.6 Å². The summed E-state index contributed by atoms with van der Waals surface area (Å²) in [7, 11) is 0. The topological polar surface area (TPSA) is 425 Å². The number of primary amides is 1. The van der Waals surface area contributed by atoms with Crippen LogP contribution in [0.3, 0.4) is 0 Å². The molecule has 1 saturated heterocycles. The van der Waals surface area contributed by atoms with Gasteiger partial charge in [-0.25, -0.2) is 14.2 Å². The first kappa shape index (κ1) is 64.4. The quantitative estimate of drug-likeness (QED) is 0.0129. The lowest BCUT2D eigenvalue weighted by atomic mass is 9.81. The van der Waals surface area contributed by atoms with E-state index in [1.54, 1.807) is 33.8 Å². The molecular weight excluding hydrogens is 1150 g/mol. The third-order valence-corrected chi connectivity index (χ3v) is 16.1. The number of nitrogens with two attached hydrogens (primary N) is 1. The van der Waals surface area contributed by atoms with Crippen LogP contribution in [-0.2, 0) is 92.1 Å². The molecule has 87 heavy (non-hydrogen) atoms. The molecule has 30 heteroatoms. The molecule has 1 aliphatic carbocycles. The zero-order valence-corrected chi connectivity index (χ0v) is 48.4. The maximum atomic E-state index is 15.4. The number of aliphatic hydroxyl groups is 3. The van der Waals surface area contributed by atoms with E-state index in [9.17, 15) is 72.9 Å². The van der Waals surface area contributed by atoms with Crippen molar-refractivity contribution in [3.05, 3.63) is 73.8 Å². The van der Waals surface area contributed by atoms with Gasteiger partial charge in [0.2, 0.25) is 47.3 Å². The highest BCUT2D eigenvalue weighted by molar-refractivity contribution is 6.14. The van der Waals surface area contributed by atoms with Crippen molar-refractivity contribution in [2.45, 2.75) is 153 Å². The Bertz CT molecular complexity index is 3410. The molecule has 3 aromatic rings. The van der Waals surface area contributed by atoms with Crippen LogP contribution in [0.4, 0.5) is 4.39 Å². The number of carbonyl (C=O) groups excluding carboxylic acids is 11. The highest BCUT2D eigenvalue weighted by atomic mass is 19.1. The summed E-state index contributed by atoms with van der Waals surface area (Å²) < 4.78 is 33.2. The molecule has 2 aromatic heterocycles. The standard InChI is InChI=1S/C57H70FN11O18/c1-6-57(84)31-17-36-49-29(21-68(36)55(82)30(31)23-86-56(57)83)47-33(8-7-28-26(4)32(58)18-35(66-49)46(28)47)64-42(73)14-16-85-24-62-52(79)27(5)63-54(81)48(25(2)3)67-53(80)34(65-41(72)13-15-60-43(74)22-69-44(75)11-12-45(69)76)9-10-40(71)61-20-38-51(78)50(77)37(87-38)19-39(59)70/h11-12,17-18,25,27,33-34,37-38,48,50-51,77-78,84H,6-10,13-16,19-24H2,1-5H3,(H2,59,70)(H,60,74)(H,61,71)(H,62,79)(H,63,81)(H,64,73)(H,65,72)(H,67,80)/t27-,33-,34?,37-,38+,48-,50-,51+,57-/m0/s1. The van der Waals surface area contributed by atoms with Crippen molar-refractivity contribution < 1.29 is 86.7 Å². The molecule has 4 aliphatic heterocycles. The molecular formula is C57H70FN11O18. The van der Waals surface area contributed by atoms with Crippen molar-refractivity contribution in [2.24, 2.45) is 11.7 Å². The summed E-state index contributed by atoms with van der Waals surface area (Å²) in [5, 5.41) is 50.7. The average Bonchev–Trinajstić information content (AvgIpc) is 1.65. The second-order valence-electron chi connectivity index (χ2n) is 22.3. The van der Waals surface area contributed by atoms with Crippen LogP contribution < -0.4 is 48.5 Å². The number of rotatable bonds is 26. The van der Waals surface area contributed by atoms with E-state index in [1.807, 2.05) is 0 Å². The summed E-state index contributed by atoms with van der Waals surface area (Å²) in [6.45, 7) is 5.71. The number of nitrogens with zero attached hydrogens (tertiary/aromatic N) is 3. The summed E-state index contributed by atoms with van der Waals surface area (Å²) in [4.78, 5) is 161. The van der Waals surface area contributed by atoms with Crippen molar-refractivity contribution in [3.8, 4) is 11.4 Å². The number of pyridine rings is 2. The minimum Gasteiger partial charge on any atom is -0.458 e. The summed E-state index contributed by atoms with van der Waals surface area (Å²) >= 11 is 0. The van der Waals surface area contributed by atoms with E-state index < -0.39 is 169 Å². The predicted molar refractivity (Wildman–Crippen MR) is 299 cm³/mol. The fraction of sp³-hybridized carbons (Fsp3) is 0.526. The number of aryl methyl sites for hydroxylation is 1. The number of ether oxygens (including phenoxy) is 3. The molecule has 6 heterocycles. The zero-order chi connectivity index (χ0) is 63.3. The SMILES string of the molecule is CC[C@@]1(O)C(=O)OCc2c1cc1n(c2=O)Cc2c-1nc1cc(F)c(C)c3c1c2[C@@H](NC(=O)CCOCNC(=O)[C@H](C)NC(=O)[C@@H](NC(=O)C(CCC(=O)NC[C@H]1O[C@@H](CC(N)=O)[C@H](O)[C@@H]1O)NC(=O)CCNC(=O)CN1C(=O)C=CC1=O)C(C)C)CC3. The van der Waals surface area contributed by atoms with Crippen molar-refractivity contribution in [3.63, 3.8) is 0 Å². The van der Waals surface area contributed by atoms with E-state index in [0.29, 0.717) is 62.3 Å². The fourth-order valence-corrected chi connectivity index (χ4v) is 11.2. The fourth-order valence-electron chi connectivity index (χ4n) is 11.2.